The number of hydrogen-bond donors (Lipinski definition) is 0. The van der Waals surface area contributed by atoms with E-state index in [-0.39, 0.29) is 27.1 Å². The smallest absolute Gasteiger partial charge is 0.423 e. The van der Waals surface area contributed by atoms with Gasteiger partial charge in [0.1, 0.15) is 5.75 Å². The van der Waals surface area contributed by atoms with E-state index in [0.717, 1.165) is 16.6 Å². The highest BCUT2D eigenvalue weighted by molar-refractivity contribution is 9.10. The summed E-state index contributed by atoms with van der Waals surface area (Å²) >= 11 is 15.1. The molecule has 3 aromatic rings. The minimum Gasteiger partial charge on any atom is -0.423 e. The van der Waals surface area contributed by atoms with Gasteiger partial charge in [0, 0.05) is 26.5 Å². The summed E-state index contributed by atoms with van der Waals surface area (Å²) in [5.74, 6) is -0.333. The second kappa shape index (κ2) is 9.00. The molecule has 0 saturated carbocycles. The maximum atomic E-state index is 14.1. The van der Waals surface area contributed by atoms with Crippen molar-refractivity contribution in [1.29, 1.82) is 0 Å². The molecule has 1 heterocycles. The van der Waals surface area contributed by atoms with Gasteiger partial charge in [0.25, 0.3) is 5.60 Å². The number of alkyl halides is 3. The molecular formula is C23H13BrCl2F3NO3. The van der Waals surface area contributed by atoms with Gasteiger partial charge in [-0.3, -0.25) is 0 Å². The van der Waals surface area contributed by atoms with Gasteiger partial charge in [-0.05, 0) is 72.3 Å². The first-order chi connectivity index (χ1) is 15.6. The van der Waals surface area contributed by atoms with Gasteiger partial charge < -0.3 is 9.57 Å². The van der Waals surface area contributed by atoms with Crippen LogP contribution in [0.2, 0.25) is 10.0 Å². The van der Waals surface area contributed by atoms with Crippen LogP contribution in [0.25, 0.3) is 0 Å². The van der Waals surface area contributed by atoms with Crippen molar-refractivity contribution < 1.29 is 27.5 Å². The average Bonchev–Trinajstić information content (AvgIpc) is 3.21. The van der Waals surface area contributed by atoms with Crippen LogP contribution in [-0.4, -0.2) is 17.9 Å². The quantitative estimate of drug-likeness (QED) is 0.245. The van der Waals surface area contributed by atoms with E-state index in [0.29, 0.717) is 11.1 Å². The van der Waals surface area contributed by atoms with Crippen molar-refractivity contribution in [2.24, 2.45) is 5.16 Å². The van der Waals surface area contributed by atoms with Crippen LogP contribution in [0.3, 0.4) is 0 Å². The number of carbonyl (C=O) groups excluding carboxylic acids is 1. The molecule has 10 heteroatoms. The highest BCUT2D eigenvalue weighted by Gasteiger charge is 2.62. The molecule has 0 amide bonds. The Kier molecular flexibility index (Phi) is 6.44. The first-order valence-corrected chi connectivity index (χ1v) is 11.0. The SMILES string of the molecule is O=C(Oc1ccc(C2=NOC(c3cc(Cl)cc(Cl)c3)(C(F)(F)F)C2)cc1)c1ccc(Br)cc1. The second-order valence-electron chi connectivity index (χ2n) is 7.21. The van der Waals surface area contributed by atoms with Crippen LogP contribution in [-0.2, 0) is 10.4 Å². The van der Waals surface area contributed by atoms with E-state index in [4.69, 9.17) is 32.8 Å². The molecule has 1 aliphatic heterocycles. The molecule has 0 aromatic heterocycles. The molecule has 170 valence electrons. The first-order valence-electron chi connectivity index (χ1n) is 9.44. The molecule has 0 radical (unpaired) electrons. The second-order valence-corrected chi connectivity index (χ2v) is 9.00. The summed E-state index contributed by atoms with van der Waals surface area (Å²) in [4.78, 5) is 17.2. The van der Waals surface area contributed by atoms with Crippen molar-refractivity contribution in [3.63, 3.8) is 0 Å². The Morgan fingerprint density at radius 3 is 2.18 bits per heavy atom. The Morgan fingerprint density at radius 1 is 1.00 bits per heavy atom. The van der Waals surface area contributed by atoms with Gasteiger partial charge >= 0.3 is 12.1 Å². The lowest BCUT2D eigenvalue weighted by atomic mass is 9.86. The van der Waals surface area contributed by atoms with E-state index in [1.807, 2.05) is 0 Å². The zero-order chi connectivity index (χ0) is 23.8. The normalized spacial score (nSPS) is 17.9. The summed E-state index contributed by atoms with van der Waals surface area (Å²) in [5.41, 5.74) is -2.15. The van der Waals surface area contributed by atoms with Gasteiger partial charge in [-0.15, -0.1) is 0 Å². The van der Waals surface area contributed by atoms with Crippen molar-refractivity contribution in [1.82, 2.24) is 0 Å². The number of esters is 1. The Balaban J connectivity index is 1.54. The summed E-state index contributed by atoms with van der Waals surface area (Å²) in [6, 6.07) is 16.2. The van der Waals surface area contributed by atoms with Gasteiger partial charge in [-0.1, -0.05) is 44.3 Å². The van der Waals surface area contributed by atoms with Crippen LogP contribution >= 0.6 is 39.1 Å². The van der Waals surface area contributed by atoms with E-state index >= 15 is 0 Å². The lowest BCUT2D eigenvalue weighted by molar-refractivity contribution is -0.275. The Morgan fingerprint density at radius 2 is 1.61 bits per heavy atom. The highest BCUT2D eigenvalue weighted by Crippen LogP contribution is 2.49. The van der Waals surface area contributed by atoms with Crippen molar-refractivity contribution in [3.05, 3.63) is 97.9 Å². The number of nitrogens with zero attached hydrogens (tertiary/aromatic N) is 1. The van der Waals surface area contributed by atoms with Crippen LogP contribution in [0.1, 0.15) is 27.9 Å². The summed E-state index contributed by atoms with van der Waals surface area (Å²) in [5, 5.41) is 3.81. The molecule has 0 fully saturated rings. The van der Waals surface area contributed by atoms with Crippen LogP contribution in [0.5, 0.6) is 5.75 Å². The molecule has 0 saturated heterocycles. The third-order valence-electron chi connectivity index (χ3n) is 4.99. The van der Waals surface area contributed by atoms with Crippen molar-refractivity contribution in [3.8, 4) is 5.75 Å². The number of ether oxygens (including phenoxy) is 1. The average molecular weight is 559 g/mol. The van der Waals surface area contributed by atoms with Crippen molar-refractivity contribution in [2.75, 3.05) is 0 Å². The maximum Gasteiger partial charge on any atom is 0.435 e. The molecule has 0 bridgehead atoms. The van der Waals surface area contributed by atoms with Crippen LogP contribution in [0.4, 0.5) is 13.2 Å². The zero-order valence-corrected chi connectivity index (χ0v) is 19.6. The fraction of sp³-hybridized carbons (Fsp3) is 0.130. The fourth-order valence-electron chi connectivity index (χ4n) is 3.31. The Hall–Kier alpha value is -2.55. The third kappa shape index (κ3) is 4.88. The summed E-state index contributed by atoms with van der Waals surface area (Å²) in [7, 11) is 0. The number of hydrogen-bond acceptors (Lipinski definition) is 4. The van der Waals surface area contributed by atoms with E-state index in [9.17, 15) is 18.0 Å². The molecule has 0 N–H and O–H groups in total. The summed E-state index contributed by atoms with van der Waals surface area (Å²) < 4.78 is 48.4. The predicted octanol–water partition coefficient (Wildman–Crippen LogP) is 7.56. The van der Waals surface area contributed by atoms with Gasteiger partial charge in [0.2, 0.25) is 0 Å². The molecule has 1 unspecified atom stereocenters. The van der Waals surface area contributed by atoms with Gasteiger partial charge in [-0.2, -0.15) is 13.2 Å². The predicted molar refractivity (Wildman–Crippen MR) is 122 cm³/mol. The van der Waals surface area contributed by atoms with E-state index in [1.54, 1.807) is 24.3 Å². The summed E-state index contributed by atoms with van der Waals surface area (Å²) in [6.07, 6.45) is -5.36. The third-order valence-corrected chi connectivity index (χ3v) is 5.96. The molecule has 0 aliphatic carbocycles. The summed E-state index contributed by atoms with van der Waals surface area (Å²) in [6.45, 7) is 0. The lowest BCUT2D eigenvalue weighted by Crippen LogP contribution is -2.42. The Labute approximate surface area is 205 Å². The molecule has 1 aliphatic rings. The van der Waals surface area contributed by atoms with Gasteiger partial charge in [0.15, 0.2) is 0 Å². The molecule has 4 nitrogen and oxygen atoms in total. The maximum absolute atomic E-state index is 14.1. The minimum absolute atomic E-state index is 0.0510. The number of rotatable bonds is 4. The highest BCUT2D eigenvalue weighted by atomic mass is 79.9. The van der Waals surface area contributed by atoms with Crippen molar-refractivity contribution in [2.45, 2.75) is 18.2 Å². The van der Waals surface area contributed by atoms with Crippen molar-refractivity contribution >= 4 is 50.8 Å². The standard InChI is InChI=1S/C23H13BrCl2F3NO3/c24-16-5-1-14(2-6-16)21(31)32-19-7-3-13(4-8-19)20-12-22(33-30-20,23(27,28)29)15-9-17(25)11-18(26)10-15/h1-11H,12H2. The van der Waals surface area contributed by atoms with E-state index in [1.165, 1.54) is 30.3 Å². The topological polar surface area (TPSA) is 47.9 Å². The zero-order valence-electron chi connectivity index (χ0n) is 16.5. The lowest BCUT2D eigenvalue weighted by Gasteiger charge is -2.29. The molecule has 3 aromatic carbocycles. The number of carbonyl (C=O) groups is 1. The minimum atomic E-state index is -4.79. The van der Waals surface area contributed by atoms with Crippen LogP contribution in [0, 0.1) is 0 Å². The molecule has 0 spiro atoms. The van der Waals surface area contributed by atoms with Gasteiger partial charge in [0.05, 0.1) is 11.3 Å². The number of halogens is 6. The Bertz CT molecular complexity index is 1210. The molecule has 33 heavy (non-hydrogen) atoms. The van der Waals surface area contributed by atoms with Crippen LogP contribution in [0.15, 0.2) is 76.4 Å². The van der Waals surface area contributed by atoms with Crippen LogP contribution < -0.4 is 4.74 Å². The number of benzene rings is 3. The fourth-order valence-corrected chi connectivity index (χ4v) is 4.10. The van der Waals surface area contributed by atoms with E-state index in [2.05, 4.69) is 21.1 Å². The largest absolute Gasteiger partial charge is 0.435 e. The number of oxime groups is 1. The van der Waals surface area contributed by atoms with Gasteiger partial charge in [-0.25, -0.2) is 4.79 Å². The monoisotopic (exact) mass is 557 g/mol. The first kappa shape index (κ1) is 23.6. The van der Waals surface area contributed by atoms with E-state index < -0.39 is 24.2 Å². The molecule has 4 rings (SSSR count). The molecule has 1 atom stereocenters. The molecular weight excluding hydrogens is 546 g/mol.